The van der Waals surface area contributed by atoms with Crippen LogP contribution in [-0.4, -0.2) is 52.4 Å². The molecule has 0 bridgehead atoms. The van der Waals surface area contributed by atoms with E-state index in [1.54, 1.807) is 23.7 Å². The number of aryl methyl sites for hydroxylation is 1. The van der Waals surface area contributed by atoms with E-state index in [4.69, 9.17) is 11.6 Å². The molecule has 1 fully saturated rings. The van der Waals surface area contributed by atoms with Crippen molar-refractivity contribution < 1.29 is 5.11 Å². The molecule has 1 aromatic carbocycles. The van der Waals surface area contributed by atoms with Crippen molar-refractivity contribution in [3.8, 4) is 10.4 Å². The molecule has 0 radical (unpaired) electrons. The molecule has 7 heteroatoms. The molecule has 1 aliphatic heterocycles. The number of nitrogens with zero attached hydrogens (tertiary/aromatic N) is 4. The van der Waals surface area contributed by atoms with E-state index in [0.717, 1.165) is 53.3 Å². The molecule has 0 aliphatic carbocycles. The van der Waals surface area contributed by atoms with Crippen LogP contribution in [0.3, 0.4) is 0 Å². The first-order valence-electron chi connectivity index (χ1n) is 8.87. The zero-order chi connectivity index (χ0) is 19.0. The van der Waals surface area contributed by atoms with Gasteiger partial charge in [0.1, 0.15) is 18.4 Å². The van der Waals surface area contributed by atoms with Crippen LogP contribution in [0.5, 0.6) is 0 Å². The third-order valence-electron chi connectivity index (χ3n) is 4.91. The molecule has 0 saturated carbocycles. The summed E-state index contributed by atoms with van der Waals surface area (Å²) < 4.78 is 0. The standard InChI is InChI=1S/C20H21ClN4OS/c1-3-19(26)24-6-8-25(9-7-24)20-15-10-14(18-5-4-13(2)27-18)16(21)11-17(15)22-12-23-20/h3-5,10-12,19,26H,1,6-9H2,2H3. The van der Waals surface area contributed by atoms with Gasteiger partial charge in [-0.2, -0.15) is 0 Å². The van der Waals surface area contributed by atoms with Crippen LogP contribution < -0.4 is 4.90 Å². The quantitative estimate of drug-likeness (QED) is 0.672. The number of fused-ring (bicyclic) bond motifs is 1. The first-order chi connectivity index (χ1) is 13.1. The van der Waals surface area contributed by atoms with E-state index in [-0.39, 0.29) is 0 Å². The molecule has 27 heavy (non-hydrogen) atoms. The van der Waals surface area contributed by atoms with Gasteiger partial charge in [-0.25, -0.2) is 9.97 Å². The lowest BCUT2D eigenvalue weighted by Gasteiger charge is -2.37. The van der Waals surface area contributed by atoms with Crippen LogP contribution in [0.2, 0.25) is 5.02 Å². The second-order valence-electron chi connectivity index (χ2n) is 6.63. The van der Waals surface area contributed by atoms with Gasteiger partial charge in [0.25, 0.3) is 0 Å². The van der Waals surface area contributed by atoms with Crippen molar-refractivity contribution in [3.63, 3.8) is 0 Å². The average molecular weight is 401 g/mol. The molecule has 0 spiro atoms. The normalized spacial score (nSPS) is 16.6. The fraction of sp³-hybridized carbons (Fsp3) is 0.300. The van der Waals surface area contributed by atoms with Gasteiger partial charge >= 0.3 is 0 Å². The fourth-order valence-corrected chi connectivity index (χ4v) is 4.65. The van der Waals surface area contributed by atoms with Crippen LogP contribution in [0, 0.1) is 6.92 Å². The number of aliphatic hydroxyl groups is 1. The van der Waals surface area contributed by atoms with Crippen molar-refractivity contribution in [3.05, 3.63) is 53.1 Å². The predicted octanol–water partition coefficient (Wildman–Crippen LogP) is 3.95. The van der Waals surface area contributed by atoms with Crippen molar-refractivity contribution in [1.82, 2.24) is 14.9 Å². The van der Waals surface area contributed by atoms with E-state index in [2.05, 4.69) is 46.6 Å². The minimum Gasteiger partial charge on any atom is -0.375 e. The number of benzene rings is 1. The van der Waals surface area contributed by atoms with Crippen molar-refractivity contribution >= 4 is 39.7 Å². The van der Waals surface area contributed by atoms with Crippen molar-refractivity contribution in [1.29, 1.82) is 0 Å². The summed E-state index contributed by atoms with van der Waals surface area (Å²) in [5.74, 6) is 0.916. The summed E-state index contributed by atoms with van der Waals surface area (Å²) in [6.45, 7) is 8.83. The van der Waals surface area contributed by atoms with E-state index in [1.807, 2.05) is 11.0 Å². The van der Waals surface area contributed by atoms with Gasteiger partial charge < -0.3 is 10.0 Å². The number of piperazine rings is 1. The maximum Gasteiger partial charge on any atom is 0.139 e. The van der Waals surface area contributed by atoms with Gasteiger partial charge in [-0.1, -0.05) is 18.2 Å². The second kappa shape index (κ2) is 7.56. The maximum atomic E-state index is 9.96. The maximum absolute atomic E-state index is 9.96. The minimum absolute atomic E-state index is 0.596. The topological polar surface area (TPSA) is 52.5 Å². The van der Waals surface area contributed by atoms with Crippen LogP contribution in [0.4, 0.5) is 5.82 Å². The largest absolute Gasteiger partial charge is 0.375 e. The van der Waals surface area contributed by atoms with E-state index in [9.17, 15) is 5.11 Å². The van der Waals surface area contributed by atoms with Crippen molar-refractivity contribution in [2.75, 3.05) is 31.1 Å². The third-order valence-corrected chi connectivity index (χ3v) is 6.25. The number of hydrogen-bond acceptors (Lipinski definition) is 6. The van der Waals surface area contributed by atoms with Gasteiger partial charge in [0, 0.05) is 46.9 Å². The fourth-order valence-electron chi connectivity index (χ4n) is 3.43. The van der Waals surface area contributed by atoms with Crippen molar-refractivity contribution in [2.45, 2.75) is 13.2 Å². The van der Waals surface area contributed by atoms with E-state index in [1.165, 1.54) is 4.88 Å². The van der Waals surface area contributed by atoms with Gasteiger partial charge in [-0.3, -0.25) is 4.90 Å². The Morgan fingerprint density at radius 1 is 1.22 bits per heavy atom. The Morgan fingerprint density at radius 2 is 2.00 bits per heavy atom. The highest BCUT2D eigenvalue weighted by molar-refractivity contribution is 7.15. The molecule has 5 nitrogen and oxygen atoms in total. The Kier molecular flexibility index (Phi) is 5.14. The predicted molar refractivity (Wildman–Crippen MR) is 113 cm³/mol. The van der Waals surface area contributed by atoms with Gasteiger partial charge in [0.15, 0.2) is 0 Å². The lowest BCUT2D eigenvalue weighted by molar-refractivity contribution is 0.0380. The molecular formula is C20H21ClN4OS. The highest BCUT2D eigenvalue weighted by atomic mass is 35.5. The van der Waals surface area contributed by atoms with Crippen molar-refractivity contribution in [2.24, 2.45) is 0 Å². The minimum atomic E-state index is -0.596. The molecule has 1 saturated heterocycles. The van der Waals surface area contributed by atoms with Gasteiger partial charge in [0.05, 0.1) is 10.5 Å². The summed E-state index contributed by atoms with van der Waals surface area (Å²) in [4.78, 5) is 15.6. The molecule has 1 atom stereocenters. The van der Waals surface area contributed by atoms with E-state index >= 15 is 0 Å². The smallest absolute Gasteiger partial charge is 0.139 e. The number of thiophene rings is 1. The number of halogens is 1. The van der Waals surface area contributed by atoms with Gasteiger partial charge in [-0.15, -0.1) is 11.3 Å². The zero-order valence-electron chi connectivity index (χ0n) is 15.1. The first kappa shape index (κ1) is 18.4. The van der Waals surface area contributed by atoms with Gasteiger partial charge in [0.2, 0.25) is 0 Å². The number of anilines is 1. The molecule has 4 rings (SSSR count). The summed E-state index contributed by atoms with van der Waals surface area (Å²) in [6.07, 6.45) is 2.56. The van der Waals surface area contributed by atoms with E-state index < -0.39 is 6.23 Å². The lowest BCUT2D eigenvalue weighted by atomic mass is 10.1. The molecular weight excluding hydrogens is 380 g/mol. The number of aliphatic hydroxyl groups excluding tert-OH is 1. The molecule has 1 aliphatic rings. The number of hydrogen-bond donors (Lipinski definition) is 1. The zero-order valence-corrected chi connectivity index (χ0v) is 16.7. The SMILES string of the molecule is C=CC(O)N1CCN(c2ncnc3cc(Cl)c(-c4ccc(C)s4)cc23)CC1. The second-order valence-corrected chi connectivity index (χ2v) is 8.32. The summed E-state index contributed by atoms with van der Waals surface area (Å²) in [6, 6.07) is 8.23. The Bertz CT molecular complexity index is 981. The molecule has 0 amide bonds. The summed E-state index contributed by atoms with van der Waals surface area (Å²) >= 11 is 8.27. The summed E-state index contributed by atoms with van der Waals surface area (Å²) in [5.41, 5.74) is 1.86. The highest BCUT2D eigenvalue weighted by Crippen LogP contribution is 2.37. The first-order valence-corrected chi connectivity index (χ1v) is 10.1. The molecule has 140 valence electrons. The molecule has 3 aromatic rings. The molecule has 3 heterocycles. The third kappa shape index (κ3) is 3.58. The Hall–Kier alpha value is -1.99. The Labute approximate surface area is 167 Å². The number of aromatic nitrogens is 2. The number of rotatable bonds is 4. The van der Waals surface area contributed by atoms with Crippen LogP contribution in [0.1, 0.15) is 4.88 Å². The van der Waals surface area contributed by atoms with E-state index in [0.29, 0.717) is 5.02 Å². The van der Waals surface area contributed by atoms with Crippen LogP contribution in [-0.2, 0) is 0 Å². The van der Waals surface area contributed by atoms with Gasteiger partial charge in [-0.05, 0) is 37.3 Å². The summed E-state index contributed by atoms with van der Waals surface area (Å²) in [7, 11) is 0. The Balaban J connectivity index is 1.70. The molecule has 2 aromatic heterocycles. The monoisotopic (exact) mass is 400 g/mol. The Morgan fingerprint density at radius 3 is 2.67 bits per heavy atom. The lowest BCUT2D eigenvalue weighted by Crippen LogP contribution is -2.50. The summed E-state index contributed by atoms with van der Waals surface area (Å²) in [5, 5.41) is 11.7. The van der Waals surface area contributed by atoms with Crippen LogP contribution in [0.15, 0.2) is 43.2 Å². The average Bonchev–Trinajstić information content (AvgIpc) is 3.12. The molecule has 1 unspecified atom stereocenters. The van der Waals surface area contributed by atoms with Crippen LogP contribution >= 0.6 is 22.9 Å². The van der Waals surface area contributed by atoms with Crippen LogP contribution in [0.25, 0.3) is 21.3 Å². The highest BCUT2D eigenvalue weighted by Gasteiger charge is 2.23. The molecule has 1 N–H and O–H groups in total.